The molecule has 132 valence electrons. The summed E-state index contributed by atoms with van der Waals surface area (Å²) >= 11 is 0. The second-order valence-electron chi connectivity index (χ2n) is 6.64. The van der Waals surface area contributed by atoms with Gasteiger partial charge >= 0.3 is 0 Å². The lowest BCUT2D eigenvalue weighted by molar-refractivity contribution is -0.139. The van der Waals surface area contributed by atoms with Crippen molar-refractivity contribution >= 4 is 11.8 Å². The van der Waals surface area contributed by atoms with Gasteiger partial charge in [0.25, 0.3) is 0 Å². The molecule has 0 radical (unpaired) electrons. The molecule has 2 amide bonds. The Kier molecular flexibility index (Phi) is 7.82. The van der Waals surface area contributed by atoms with Gasteiger partial charge in [0.05, 0.1) is 13.2 Å². The van der Waals surface area contributed by atoms with E-state index in [-0.39, 0.29) is 11.8 Å². The lowest BCUT2D eigenvalue weighted by atomic mass is 9.86. The highest BCUT2D eigenvalue weighted by Gasteiger charge is 2.26. The first kappa shape index (κ1) is 18.2. The molecule has 0 atom stereocenters. The minimum atomic E-state index is 0.112. The van der Waals surface area contributed by atoms with E-state index in [1.54, 1.807) is 7.11 Å². The molecule has 2 fully saturated rings. The number of piperazine rings is 1. The normalized spacial score (nSPS) is 19.9. The van der Waals surface area contributed by atoms with Crippen LogP contribution in [-0.4, -0.2) is 74.6 Å². The molecule has 0 unspecified atom stereocenters. The van der Waals surface area contributed by atoms with Crippen molar-refractivity contribution in [2.45, 2.75) is 38.5 Å². The van der Waals surface area contributed by atoms with Crippen LogP contribution >= 0.6 is 0 Å². The van der Waals surface area contributed by atoms with Crippen LogP contribution in [0.4, 0.5) is 0 Å². The molecule has 1 saturated heterocycles. The van der Waals surface area contributed by atoms with Gasteiger partial charge in [-0.1, -0.05) is 19.3 Å². The lowest BCUT2D eigenvalue weighted by Gasteiger charge is -2.35. The fraction of sp³-hybridized carbons (Fsp3) is 0.882. The minimum absolute atomic E-state index is 0.112. The van der Waals surface area contributed by atoms with Crippen LogP contribution in [0.1, 0.15) is 38.5 Å². The third kappa shape index (κ3) is 6.11. The summed E-state index contributed by atoms with van der Waals surface area (Å²) in [7, 11) is 1.65. The van der Waals surface area contributed by atoms with Crippen molar-refractivity contribution in [1.82, 2.24) is 15.1 Å². The average molecular weight is 325 g/mol. The summed E-state index contributed by atoms with van der Waals surface area (Å²) < 4.78 is 4.94. The predicted octanol–water partition coefficient (Wildman–Crippen LogP) is 0.864. The number of hydrogen-bond donors (Lipinski definition) is 1. The van der Waals surface area contributed by atoms with Crippen LogP contribution in [0.3, 0.4) is 0 Å². The van der Waals surface area contributed by atoms with E-state index in [2.05, 4.69) is 5.32 Å². The van der Waals surface area contributed by atoms with Crippen LogP contribution in [-0.2, 0) is 14.3 Å². The SMILES string of the molecule is COCCNCC(=O)N1CCN(C(=O)CC2CCCCC2)CC1. The maximum atomic E-state index is 12.4. The van der Waals surface area contributed by atoms with Gasteiger partial charge in [0.1, 0.15) is 0 Å². The Morgan fingerprint density at radius 3 is 2.22 bits per heavy atom. The smallest absolute Gasteiger partial charge is 0.236 e. The van der Waals surface area contributed by atoms with Gasteiger partial charge in [0, 0.05) is 46.3 Å². The molecule has 1 aliphatic heterocycles. The molecule has 0 aromatic rings. The maximum absolute atomic E-state index is 12.4. The molecule has 0 aromatic heterocycles. The zero-order valence-electron chi connectivity index (χ0n) is 14.4. The number of methoxy groups -OCH3 is 1. The van der Waals surface area contributed by atoms with Gasteiger partial charge in [-0.2, -0.15) is 0 Å². The Bertz CT molecular complexity index is 375. The van der Waals surface area contributed by atoms with Gasteiger partial charge in [0.2, 0.25) is 11.8 Å². The molecule has 1 N–H and O–H groups in total. The average Bonchev–Trinajstić information content (AvgIpc) is 2.59. The molecule has 1 saturated carbocycles. The van der Waals surface area contributed by atoms with E-state index in [1.165, 1.54) is 32.1 Å². The van der Waals surface area contributed by atoms with Crippen molar-refractivity contribution in [2.24, 2.45) is 5.92 Å². The topological polar surface area (TPSA) is 61.9 Å². The zero-order chi connectivity index (χ0) is 16.5. The van der Waals surface area contributed by atoms with Gasteiger partial charge in [0.15, 0.2) is 0 Å². The lowest BCUT2D eigenvalue weighted by Crippen LogP contribution is -2.52. The third-order valence-electron chi connectivity index (χ3n) is 4.93. The van der Waals surface area contributed by atoms with Crippen LogP contribution in [0.2, 0.25) is 0 Å². The molecule has 1 aliphatic carbocycles. The van der Waals surface area contributed by atoms with Crippen LogP contribution < -0.4 is 5.32 Å². The number of nitrogens with zero attached hydrogens (tertiary/aromatic N) is 2. The first-order chi connectivity index (χ1) is 11.2. The van der Waals surface area contributed by atoms with Crippen LogP contribution in [0.5, 0.6) is 0 Å². The molecule has 6 nitrogen and oxygen atoms in total. The minimum Gasteiger partial charge on any atom is -0.383 e. The predicted molar refractivity (Wildman–Crippen MR) is 89.1 cm³/mol. The summed E-state index contributed by atoms with van der Waals surface area (Å²) in [6.07, 6.45) is 6.98. The highest BCUT2D eigenvalue weighted by molar-refractivity contribution is 5.79. The molecule has 6 heteroatoms. The van der Waals surface area contributed by atoms with Crippen LogP contribution in [0, 0.1) is 5.92 Å². The number of carbonyl (C=O) groups excluding carboxylic acids is 2. The van der Waals surface area contributed by atoms with E-state index in [4.69, 9.17) is 4.74 Å². The van der Waals surface area contributed by atoms with E-state index in [9.17, 15) is 9.59 Å². The van der Waals surface area contributed by atoms with Gasteiger partial charge < -0.3 is 19.9 Å². The maximum Gasteiger partial charge on any atom is 0.236 e. The monoisotopic (exact) mass is 325 g/mol. The second kappa shape index (κ2) is 9.88. The highest BCUT2D eigenvalue weighted by Crippen LogP contribution is 2.27. The standard InChI is InChI=1S/C17H31N3O3/c1-23-12-7-18-14-17(22)20-10-8-19(9-11-20)16(21)13-15-5-3-2-4-6-15/h15,18H,2-14H2,1H3. The summed E-state index contributed by atoms with van der Waals surface area (Å²) in [5.74, 6) is 0.976. The number of amides is 2. The Balaban J connectivity index is 1.64. The molecule has 0 aromatic carbocycles. The van der Waals surface area contributed by atoms with Crippen molar-refractivity contribution in [3.05, 3.63) is 0 Å². The highest BCUT2D eigenvalue weighted by atomic mass is 16.5. The molecular formula is C17H31N3O3. The Morgan fingerprint density at radius 1 is 1.00 bits per heavy atom. The number of hydrogen-bond acceptors (Lipinski definition) is 4. The summed E-state index contributed by atoms with van der Waals surface area (Å²) in [6, 6.07) is 0. The van der Waals surface area contributed by atoms with Crippen molar-refractivity contribution in [3.63, 3.8) is 0 Å². The Morgan fingerprint density at radius 2 is 1.61 bits per heavy atom. The largest absolute Gasteiger partial charge is 0.383 e. The van der Waals surface area contributed by atoms with Crippen molar-refractivity contribution in [2.75, 3.05) is 53.0 Å². The third-order valence-corrected chi connectivity index (χ3v) is 4.93. The Labute approximate surface area is 139 Å². The second-order valence-corrected chi connectivity index (χ2v) is 6.64. The van der Waals surface area contributed by atoms with Crippen molar-refractivity contribution < 1.29 is 14.3 Å². The van der Waals surface area contributed by atoms with Crippen LogP contribution in [0.25, 0.3) is 0 Å². The number of nitrogens with one attached hydrogen (secondary N) is 1. The summed E-state index contributed by atoms with van der Waals surface area (Å²) in [5.41, 5.74) is 0. The molecule has 23 heavy (non-hydrogen) atoms. The van der Waals surface area contributed by atoms with Gasteiger partial charge in [-0.05, 0) is 18.8 Å². The number of carbonyl (C=O) groups is 2. The Hall–Kier alpha value is -1.14. The van der Waals surface area contributed by atoms with Crippen LogP contribution in [0.15, 0.2) is 0 Å². The molecular weight excluding hydrogens is 294 g/mol. The van der Waals surface area contributed by atoms with Gasteiger partial charge in [-0.3, -0.25) is 9.59 Å². The molecule has 2 rings (SSSR count). The van der Waals surface area contributed by atoms with E-state index in [0.29, 0.717) is 58.2 Å². The first-order valence-electron chi connectivity index (χ1n) is 8.96. The fourth-order valence-corrected chi connectivity index (χ4v) is 3.45. The molecule has 0 spiro atoms. The summed E-state index contributed by atoms with van der Waals surface area (Å²) in [4.78, 5) is 28.2. The molecule has 0 bridgehead atoms. The number of ether oxygens (including phenoxy) is 1. The van der Waals surface area contributed by atoms with Gasteiger partial charge in [-0.15, -0.1) is 0 Å². The fourth-order valence-electron chi connectivity index (χ4n) is 3.45. The first-order valence-corrected chi connectivity index (χ1v) is 8.96. The van der Waals surface area contributed by atoms with E-state index < -0.39 is 0 Å². The van der Waals surface area contributed by atoms with Crippen molar-refractivity contribution in [1.29, 1.82) is 0 Å². The quantitative estimate of drug-likeness (QED) is 0.706. The molecule has 2 aliphatic rings. The van der Waals surface area contributed by atoms with E-state index >= 15 is 0 Å². The number of rotatable bonds is 7. The summed E-state index contributed by atoms with van der Waals surface area (Å²) in [5, 5.41) is 3.07. The zero-order valence-corrected chi connectivity index (χ0v) is 14.4. The summed E-state index contributed by atoms with van der Waals surface area (Å²) in [6.45, 7) is 4.30. The van der Waals surface area contributed by atoms with E-state index in [1.807, 2.05) is 9.80 Å². The van der Waals surface area contributed by atoms with Gasteiger partial charge in [-0.25, -0.2) is 0 Å². The van der Waals surface area contributed by atoms with Crippen molar-refractivity contribution in [3.8, 4) is 0 Å². The van der Waals surface area contributed by atoms with E-state index in [0.717, 1.165) is 0 Å². The molecule has 1 heterocycles.